The summed E-state index contributed by atoms with van der Waals surface area (Å²) in [5, 5.41) is 3.32. The van der Waals surface area contributed by atoms with Crippen molar-refractivity contribution in [3.8, 4) is 0 Å². The van der Waals surface area contributed by atoms with E-state index < -0.39 is 0 Å². The predicted octanol–water partition coefficient (Wildman–Crippen LogP) is 7.02. The van der Waals surface area contributed by atoms with Crippen molar-refractivity contribution in [1.29, 1.82) is 0 Å². The molecule has 8 heteroatoms. The number of carbonyl (C=O) groups excluding carboxylic acids is 3. The quantitative estimate of drug-likeness (QED) is 0.127. The molecule has 0 spiro atoms. The summed E-state index contributed by atoms with van der Waals surface area (Å²) in [6.45, 7) is 24.9. The summed E-state index contributed by atoms with van der Waals surface area (Å²) in [6.07, 6.45) is 13.0. The molecule has 258 valence electrons. The van der Waals surface area contributed by atoms with Gasteiger partial charge in [0, 0.05) is 39.2 Å². The second-order valence-electron chi connectivity index (χ2n) is 12.6. The lowest BCUT2D eigenvalue weighted by molar-refractivity contribution is -0.154. The van der Waals surface area contributed by atoms with E-state index in [4.69, 9.17) is 9.47 Å². The smallest absolute Gasteiger partial charge is 0.306 e. The topological polar surface area (TPSA) is 88.2 Å². The number of piperazine rings is 1. The van der Waals surface area contributed by atoms with Gasteiger partial charge in [0.25, 0.3) is 0 Å². The van der Waals surface area contributed by atoms with E-state index in [1.165, 1.54) is 25.7 Å². The lowest BCUT2D eigenvalue weighted by Crippen LogP contribution is -2.58. The summed E-state index contributed by atoms with van der Waals surface area (Å²) in [4.78, 5) is 41.2. The molecule has 0 bridgehead atoms. The third kappa shape index (κ3) is 18.1. The molecular weight excluding hydrogens is 554 g/mol. The first-order valence-electron chi connectivity index (χ1n) is 17.8. The van der Waals surface area contributed by atoms with Crippen LogP contribution in [0.4, 0.5) is 0 Å². The van der Waals surface area contributed by atoms with Crippen LogP contribution in [-0.4, -0.2) is 85.7 Å². The number of nitrogens with one attached hydrogen (secondary N) is 1. The Morgan fingerprint density at radius 1 is 1.02 bits per heavy atom. The Morgan fingerprint density at radius 3 is 2.18 bits per heavy atom. The van der Waals surface area contributed by atoms with Crippen molar-refractivity contribution >= 4 is 17.8 Å². The minimum absolute atomic E-state index is 0.0244. The van der Waals surface area contributed by atoms with Crippen LogP contribution >= 0.6 is 0 Å². The monoisotopic (exact) mass is 624 g/mol. The van der Waals surface area contributed by atoms with E-state index in [0.717, 1.165) is 51.7 Å². The second-order valence-corrected chi connectivity index (χ2v) is 12.6. The lowest BCUT2D eigenvalue weighted by Gasteiger charge is -2.37. The van der Waals surface area contributed by atoms with Crippen molar-refractivity contribution in [2.75, 3.05) is 45.9 Å². The van der Waals surface area contributed by atoms with E-state index in [-0.39, 0.29) is 36.5 Å². The molecular formula is C36H69N3O5. The average Bonchev–Trinajstić information content (AvgIpc) is 2.99. The number of ether oxygens (including phenoxy) is 2. The van der Waals surface area contributed by atoms with Crippen molar-refractivity contribution in [3.05, 3.63) is 12.7 Å². The van der Waals surface area contributed by atoms with Crippen LogP contribution in [0.3, 0.4) is 0 Å². The molecule has 3 rings (SSSR count). The van der Waals surface area contributed by atoms with Gasteiger partial charge in [0.1, 0.15) is 6.10 Å². The van der Waals surface area contributed by atoms with Crippen molar-refractivity contribution in [2.24, 2.45) is 17.8 Å². The summed E-state index contributed by atoms with van der Waals surface area (Å²) in [6, 6.07) is -0.184. The molecule has 44 heavy (non-hydrogen) atoms. The van der Waals surface area contributed by atoms with Gasteiger partial charge in [-0.3, -0.25) is 14.4 Å². The van der Waals surface area contributed by atoms with E-state index in [1.807, 2.05) is 18.7 Å². The number of hydrogen-bond donors (Lipinski definition) is 1. The highest BCUT2D eigenvalue weighted by atomic mass is 16.5. The van der Waals surface area contributed by atoms with Gasteiger partial charge in [-0.15, -0.1) is 6.58 Å². The Balaban J connectivity index is 0.00000111. The molecule has 2 saturated heterocycles. The number of rotatable bonds is 14. The highest BCUT2D eigenvalue weighted by Crippen LogP contribution is 2.26. The molecule has 0 radical (unpaired) electrons. The van der Waals surface area contributed by atoms with Gasteiger partial charge in [0.15, 0.2) is 0 Å². The van der Waals surface area contributed by atoms with E-state index in [2.05, 4.69) is 53.4 Å². The predicted molar refractivity (Wildman–Crippen MR) is 182 cm³/mol. The average molecular weight is 624 g/mol. The zero-order valence-corrected chi connectivity index (χ0v) is 29.8. The maximum Gasteiger partial charge on any atom is 0.306 e. The van der Waals surface area contributed by atoms with Crippen LogP contribution in [0.5, 0.6) is 0 Å². The Bertz CT molecular complexity index is 763. The molecule has 2 atom stereocenters. The largest absolute Gasteiger partial charge is 0.462 e. The summed E-state index contributed by atoms with van der Waals surface area (Å²) in [5.41, 5.74) is 0. The first-order chi connectivity index (χ1) is 21.2. The standard InChI is InChI=1S/C23H39N3O4.C8H16O.C3H8.C2H6/c1-16(2)17(3)13-20-23(29)26(12-9-24-20)15-21(27)25-10-7-18(8-11-25)14-22(28)30-19-5-4-6-19;1-3-5-6-8-9-7-4-2;1-3-2;1-2/h16-20,24H,4-15H2,1-3H3;4H,2-3,5-8H2,1H3;3H2,1-2H3;1-2H3/t17?,20-;;;/m0.../s1. The Hall–Kier alpha value is -1.93. The molecule has 0 aromatic carbocycles. The molecule has 1 unspecified atom stereocenters. The number of hydrogen-bond acceptors (Lipinski definition) is 6. The highest BCUT2D eigenvalue weighted by molar-refractivity contribution is 5.88. The molecule has 3 aliphatic rings. The fourth-order valence-corrected chi connectivity index (χ4v) is 5.01. The van der Waals surface area contributed by atoms with Crippen molar-refractivity contribution in [3.63, 3.8) is 0 Å². The van der Waals surface area contributed by atoms with Gasteiger partial charge in [-0.05, 0) is 62.7 Å². The molecule has 1 aliphatic carbocycles. The van der Waals surface area contributed by atoms with Crippen molar-refractivity contribution in [2.45, 2.75) is 138 Å². The maximum atomic E-state index is 12.8. The fraction of sp³-hybridized carbons (Fsp3) is 0.861. The molecule has 1 N–H and O–H groups in total. The molecule has 0 aromatic rings. The van der Waals surface area contributed by atoms with Crippen LogP contribution in [0, 0.1) is 17.8 Å². The van der Waals surface area contributed by atoms with Gasteiger partial charge < -0.3 is 24.6 Å². The van der Waals surface area contributed by atoms with Gasteiger partial charge in [-0.1, -0.05) is 80.7 Å². The van der Waals surface area contributed by atoms with Crippen LogP contribution in [0.1, 0.15) is 126 Å². The lowest BCUT2D eigenvalue weighted by atomic mass is 9.90. The minimum atomic E-state index is -0.184. The van der Waals surface area contributed by atoms with Crippen LogP contribution in [-0.2, 0) is 23.9 Å². The number of esters is 1. The molecule has 0 aromatic heterocycles. The number of unbranched alkanes of at least 4 members (excludes halogenated alkanes) is 2. The Kier molecular flexibility index (Phi) is 25.1. The first-order valence-corrected chi connectivity index (χ1v) is 17.8. The number of likely N-dealkylation sites (tertiary alicyclic amines) is 1. The first kappa shape index (κ1) is 42.1. The second kappa shape index (κ2) is 26.3. The molecule has 2 amide bonds. The van der Waals surface area contributed by atoms with E-state index in [1.54, 1.807) is 11.0 Å². The van der Waals surface area contributed by atoms with E-state index in [0.29, 0.717) is 50.4 Å². The van der Waals surface area contributed by atoms with Crippen LogP contribution < -0.4 is 5.32 Å². The van der Waals surface area contributed by atoms with Crippen molar-refractivity contribution < 1.29 is 23.9 Å². The van der Waals surface area contributed by atoms with Gasteiger partial charge in [-0.25, -0.2) is 0 Å². The molecule has 2 heterocycles. The highest BCUT2D eigenvalue weighted by Gasteiger charge is 2.33. The molecule has 1 saturated carbocycles. The molecule has 8 nitrogen and oxygen atoms in total. The van der Waals surface area contributed by atoms with Gasteiger partial charge in [-0.2, -0.15) is 0 Å². The van der Waals surface area contributed by atoms with Crippen LogP contribution in [0.15, 0.2) is 12.7 Å². The maximum absolute atomic E-state index is 12.8. The third-order valence-electron chi connectivity index (χ3n) is 8.35. The van der Waals surface area contributed by atoms with Crippen LogP contribution in [0.2, 0.25) is 0 Å². The fourth-order valence-electron chi connectivity index (χ4n) is 5.01. The minimum Gasteiger partial charge on any atom is -0.462 e. The normalized spacial score (nSPS) is 19.3. The van der Waals surface area contributed by atoms with Gasteiger partial charge >= 0.3 is 5.97 Å². The summed E-state index contributed by atoms with van der Waals surface area (Å²) < 4.78 is 10.6. The number of nitrogens with zero attached hydrogens (tertiary/aromatic N) is 2. The zero-order chi connectivity index (χ0) is 33.3. The van der Waals surface area contributed by atoms with Crippen molar-refractivity contribution in [1.82, 2.24) is 15.1 Å². The summed E-state index contributed by atoms with van der Waals surface area (Å²) in [7, 11) is 0. The Morgan fingerprint density at radius 2 is 1.66 bits per heavy atom. The number of carbonyl (C=O) groups is 3. The zero-order valence-electron chi connectivity index (χ0n) is 29.8. The SMILES string of the molecule is C=CCOCCCCC.CC.CC(C)C(C)C[C@@H]1NCCN(CC(=O)N2CCC(CC(=O)OC3CCC3)CC2)C1=O.CCC. The van der Waals surface area contributed by atoms with Crippen LogP contribution in [0.25, 0.3) is 0 Å². The van der Waals surface area contributed by atoms with E-state index in [9.17, 15) is 14.4 Å². The number of amides is 2. The summed E-state index contributed by atoms with van der Waals surface area (Å²) >= 11 is 0. The van der Waals surface area contributed by atoms with Gasteiger partial charge in [0.05, 0.1) is 19.2 Å². The number of piperidine rings is 1. The van der Waals surface area contributed by atoms with Gasteiger partial charge in [0.2, 0.25) is 11.8 Å². The molecule has 2 aliphatic heterocycles. The molecule has 3 fully saturated rings. The Labute approximate surface area is 271 Å². The van der Waals surface area contributed by atoms with E-state index >= 15 is 0 Å². The third-order valence-corrected chi connectivity index (χ3v) is 8.35. The summed E-state index contributed by atoms with van der Waals surface area (Å²) in [5.74, 6) is 1.27.